The van der Waals surface area contributed by atoms with Crippen LogP contribution in [0.25, 0.3) is 10.9 Å². The molecule has 0 aliphatic carbocycles. The van der Waals surface area contributed by atoms with E-state index in [1.807, 2.05) is 39.0 Å². The normalized spacial score (nSPS) is 15.8. The highest BCUT2D eigenvalue weighted by atomic mass is 79.9. The lowest BCUT2D eigenvalue weighted by molar-refractivity contribution is -0.119. The van der Waals surface area contributed by atoms with Crippen LogP contribution in [0.3, 0.4) is 0 Å². The van der Waals surface area contributed by atoms with Crippen molar-refractivity contribution in [2.24, 2.45) is 0 Å². The van der Waals surface area contributed by atoms with Crippen molar-refractivity contribution >= 4 is 93.6 Å². The third-order valence-corrected chi connectivity index (χ3v) is 12.2. The van der Waals surface area contributed by atoms with Crippen molar-refractivity contribution in [2.45, 2.75) is 59.2 Å². The van der Waals surface area contributed by atoms with Crippen LogP contribution in [0.15, 0.2) is 106 Å². The number of hydrogen-bond donors (Lipinski definition) is 1. The van der Waals surface area contributed by atoms with Gasteiger partial charge in [0.2, 0.25) is 11.8 Å². The van der Waals surface area contributed by atoms with Crippen molar-refractivity contribution in [2.75, 3.05) is 49.1 Å². The number of likely N-dealkylation sites (N-methyl/N-ethyl adjacent to an activating group) is 1. The lowest BCUT2D eigenvalue weighted by Crippen LogP contribution is -2.46. The summed E-state index contributed by atoms with van der Waals surface area (Å²) in [5.41, 5.74) is 5.13. The summed E-state index contributed by atoms with van der Waals surface area (Å²) >= 11 is 10.1. The van der Waals surface area contributed by atoms with Gasteiger partial charge in [-0.05, 0) is 92.9 Å². The van der Waals surface area contributed by atoms with Crippen LogP contribution in [0.2, 0.25) is 0 Å². The predicted octanol–water partition coefficient (Wildman–Crippen LogP) is 7.19. The van der Waals surface area contributed by atoms with E-state index in [-0.39, 0.29) is 36.6 Å². The Bertz CT molecular complexity index is 2590. The Hall–Kier alpha value is -4.74. The van der Waals surface area contributed by atoms with Gasteiger partial charge in [0.1, 0.15) is 6.54 Å². The molecule has 0 unspecified atom stereocenters. The van der Waals surface area contributed by atoms with Crippen molar-refractivity contribution in [1.82, 2.24) is 14.4 Å². The SMILES string of the molecule is CCN1C(=O)CCC(=O)c2ccc(Br)cc21.CCN1C(=O)CN(C[C@H](O)CN2CCc3ccccc3C2)C(=O)c2ccc(Br)cc21.CCn1c(=O)oc(=O)c2ccc(Br)cc21. The highest BCUT2D eigenvalue weighted by Gasteiger charge is 2.33. The maximum Gasteiger partial charge on any atom is 0.422 e. The minimum atomic E-state index is -0.723. The van der Waals surface area contributed by atoms with E-state index in [1.54, 1.807) is 52.3 Å². The third kappa shape index (κ3) is 10.7. The number of aryl methyl sites for hydroxylation is 1. The van der Waals surface area contributed by atoms with Gasteiger partial charge in [-0.25, -0.2) is 9.59 Å². The molecular weight excluding hydrogens is 978 g/mol. The first-order valence-corrected chi connectivity index (χ1v) is 22.4. The van der Waals surface area contributed by atoms with Gasteiger partial charge in [0, 0.05) is 77.6 Å². The van der Waals surface area contributed by atoms with Gasteiger partial charge >= 0.3 is 11.4 Å². The minimum Gasteiger partial charge on any atom is -0.390 e. The number of nitrogens with zero attached hydrogens (tertiary/aromatic N) is 5. The number of benzene rings is 4. The Labute approximate surface area is 378 Å². The number of aliphatic hydroxyl groups excluding tert-OH is 1. The van der Waals surface area contributed by atoms with Crippen molar-refractivity contribution < 1.29 is 28.7 Å². The minimum absolute atomic E-state index is 0.0210. The Morgan fingerprint density at radius 1 is 0.656 bits per heavy atom. The Morgan fingerprint density at radius 3 is 1.93 bits per heavy atom. The summed E-state index contributed by atoms with van der Waals surface area (Å²) in [4.78, 5) is 79.4. The van der Waals surface area contributed by atoms with E-state index in [0.29, 0.717) is 66.7 Å². The average Bonchev–Trinajstić information content (AvgIpc) is 3.41. The molecule has 0 bridgehead atoms. The van der Waals surface area contributed by atoms with Gasteiger partial charge in [-0.15, -0.1) is 0 Å². The smallest absolute Gasteiger partial charge is 0.390 e. The number of fused-ring (bicyclic) bond motifs is 4. The number of Topliss-reactive ketones (excluding diaryl/α,β-unsaturated/α-hetero) is 1. The number of hydrogen-bond acceptors (Lipinski definition) is 9. The van der Waals surface area contributed by atoms with E-state index >= 15 is 0 Å². The van der Waals surface area contributed by atoms with E-state index in [4.69, 9.17) is 0 Å². The third-order valence-electron chi connectivity index (χ3n) is 10.7. The fourth-order valence-electron chi connectivity index (χ4n) is 7.77. The number of anilines is 2. The summed E-state index contributed by atoms with van der Waals surface area (Å²) < 4.78 is 8.53. The number of aromatic nitrogens is 1. The molecule has 3 aliphatic heterocycles. The van der Waals surface area contributed by atoms with E-state index in [0.717, 1.165) is 38.6 Å². The number of rotatable bonds is 7. The number of halogens is 3. The van der Waals surface area contributed by atoms with E-state index < -0.39 is 17.5 Å². The summed E-state index contributed by atoms with van der Waals surface area (Å²) in [5.74, 6) is -0.903. The first-order chi connectivity index (χ1) is 29.2. The first-order valence-electron chi connectivity index (χ1n) is 20.1. The standard InChI is InChI=1S/C23H26BrN3O3.C12H12BrNO2.C10H8BrNO3/c1-2-27-21-11-18(24)7-8-20(21)23(30)26(15-22(27)29)14-19(28)13-25-10-9-16-5-3-4-6-17(16)12-25;1-2-14-10-7-8(13)3-4-9(10)11(15)5-6-12(14)16;1-2-12-8-5-6(11)3-4-7(8)9(13)15-10(12)14/h3-8,11,19,28H,2,9-10,12-15H2,1H3;3-4,7H,2,5-6H2,1H3;3-5H,2H2,1H3/t19-;;/m1../s1. The highest BCUT2D eigenvalue weighted by Crippen LogP contribution is 2.31. The summed E-state index contributed by atoms with van der Waals surface area (Å²) in [6, 6.07) is 24.3. The molecule has 0 saturated heterocycles. The maximum atomic E-state index is 13.2. The molecule has 8 rings (SSSR count). The van der Waals surface area contributed by atoms with Crippen molar-refractivity contribution in [3.05, 3.63) is 136 Å². The molecule has 61 heavy (non-hydrogen) atoms. The molecule has 320 valence electrons. The van der Waals surface area contributed by atoms with Crippen LogP contribution in [0.5, 0.6) is 0 Å². The second kappa shape index (κ2) is 20.4. The highest BCUT2D eigenvalue weighted by molar-refractivity contribution is 9.11. The monoisotopic (exact) mass is 1020 g/mol. The van der Waals surface area contributed by atoms with Gasteiger partial charge in [-0.3, -0.25) is 28.6 Å². The molecule has 3 amide bonds. The average molecular weight is 1020 g/mol. The molecule has 0 radical (unpaired) electrons. The van der Waals surface area contributed by atoms with Crippen molar-refractivity contribution in [1.29, 1.82) is 0 Å². The van der Waals surface area contributed by atoms with Crippen molar-refractivity contribution in [3.8, 4) is 0 Å². The largest absolute Gasteiger partial charge is 0.422 e. The molecule has 1 aromatic heterocycles. The molecule has 5 aromatic rings. The van der Waals surface area contributed by atoms with Gasteiger partial charge in [0.15, 0.2) is 5.78 Å². The van der Waals surface area contributed by atoms with Gasteiger partial charge in [0.05, 0.1) is 33.9 Å². The van der Waals surface area contributed by atoms with E-state index in [2.05, 4.69) is 75.3 Å². The number of ketones is 1. The fraction of sp³-hybridized carbons (Fsp3) is 0.333. The summed E-state index contributed by atoms with van der Waals surface area (Å²) in [5, 5.41) is 11.2. The quantitative estimate of drug-likeness (QED) is 0.179. The van der Waals surface area contributed by atoms with Gasteiger partial charge in [0.25, 0.3) is 5.91 Å². The molecule has 4 aromatic carbocycles. The van der Waals surface area contributed by atoms with E-state index in [1.165, 1.54) is 20.6 Å². The van der Waals surface area contributed by atoms with Crippen LogP contribution in [0, 0.1) is 0 Å². The molecule has 0 saturated carbocycles. The Kier molecular flexibility index (Phi) is 15.3. The van der Waals surface area contributed by atoms with Crippen LogP contribution in [-0.2, 0) is 29.1 Å². The summed E-state index contributed by atoms with van der Waals surface area (Å²) in [7, 11) is 0. The molecule has 4 heterocycles. The van der Waals surface area contributed by atoms with Crippen LogP contribution >= 0.6 is 47.8 Å². The molecule has 0 spiro atoms. The first kappa shape index (κ1) is 45.8. The zero-order valence-corrected chi connectivity index (χ0v) is 38.8. The van der Waals surface area contributed by atoms with Crippen LogP contribution in [-0.4, -0.2) is 88.4 Å². The summed E-state index contributed by atoms with van der Waals surface area (Å²) in [6.07, 6.45) is 0.847. The molecule has 13 nitrogen and oxygen atoms in total. The van der Waals surface area contributed by atoms with Gasteiger partial charge in [-0.2, -0.15) is 0 Å². The second-order valence-electron chi connectivity index (χ2n) is 14.7. The molecule has 16 heteroatoms. The molecule has 3 aliphatic rings. The van der Waals surface area contributed by atoms with Crippen LogP contribution in [0.4, 0.5) is 11.4 Å². The Morgan fingerprint density at radius 2 is 1.26 bits per heavy atom. The zero-order chi connectivity index (χ0) is 44.0. The van der Waals surface area contributed by atoms with Crippen LogP contribution < -0.4 is 21.2 Å². The molecular formula is C45H46Br3N5O8. The van der Waals surface area contributed by atoms with Crippen LogP contribution in [0.1, 0.15) is 65.5 Å². The second-order valence-corrected chi connectivity index (χ2v) is 17.4. The zero-order valence-electron chi connectivity index (χ0n) is 34.0. The molecule has 0 fully saturated rings. The van der Waals surface area contributed by atoms with Crippen molar-refractivity contribution in [3.63, 3.8) is 0 Å². The molecule has 1 atom stereocenters. The predicted molar refractivity (Wildman–Crippen MR) is 245 cm³/mol. The van der Waals surface area contributed by atoms with E-state index in [9.17, 15) is 33.9 Å². The van der Waals surface area contributed by atoms with Gasteiger partial charge in [-0.1, -0.05) is 72.1 Å². The van der Waals surface area contributed by atoms with Gasteiger partial charge < -0.3 is 24.2 Å². The maximum absolute atomic E-state index is 13.2. The fourth-order valence-corrected chi connectivity index (χ4v) is 8.82. The topological polar surface area (TPSA) is 154 Å². The number of amides is 3. The molecule has 1 N–H and O–H groups in total. The Balaban J connectivity index is 0.000000169. The lowest BCUT2D eigenvalue weighted by Gasteiger charge is -2.32. The number of β-amino-alcohol motifs (C(OH)–C–C–N with tert-alkyl or cyclic N) is 1. The summed E-state index contributed by atoms with van der Waals surface area (Å²) in [6.45, 7) is 9.42. The number of carbonyl (C=O) groups excluding carboxylic acids is 4. The lowest BCUT2D eigenvalue weighted by atomic mass is 10.00. The number of carbonyl (C=O) groups is 4. The number of aliphatic hydroxyl groups is 1.